The normalized spacial score (nSPS) is 11.3. The van der Waals surface area contributed by atoms with Crippen LogP contribution >= 0.6 is 0 Å². The Morgan fingerprint density at radius 2 is 2.10 bits per heavy atom. The van der Waals surface area contributed by atoms with Gasteiger partial charge in [0.1, 0.15) is 5.82 Å². The molecule has 0 amide bonds. The van der Waals surface area contributed by atoms with Gasteiger partial charge in [-0.15, -0.1) is 0 Å². The number of anilines is 1. The zero-order chi connectivity index (χ0) is 14.8. The summed E-state index contributed by atoms with van der Waals surface area (Å²) < 4.78 is 40.1. The number of benzene rings is 1. The second-order valence-corrected chi connectivity index (χ2v) is 5.89. The molecule has 1 heterocycles. The highest BCUT2D eigenvalue weighted by Gasteiger charge is 2.17. The van der Waals surface area contributed by atoms with Gasteiger partial charge >= 0.3 is 0 Å². The van der Waals surface area contributed by atoms with Crippen LogP contribution in [0.5, 0.6) is 0 Å². The lowest BCUT2D eigenvalue weighted by Gasteiger charge is -2.11. The van der Waals surface area contributed by atoms with Crippen LogP contribution in [0.15, 0.2) is 41.6 Å². The average Bonchev–Trinajstić information content (AvgIpc) is 2.41. The highest BCUT2D eigenvalue weighted by Crippen LogP contribution is 2.20. The van der Waals surface area contributed by atoms with E-state index in [4.69, 9.17) is 5.11 Å². The Bertz CT molecular complexity index is 732. The SMILES string of the molecule is Cc1cnccc1NS(=O)(=O)c1ccc(F)c(CO)c1. The van der Waals surface area contributed by atoms with Gasteiger partial charge in [0.2, 0.25) is 0 Å². The summed E-state index contributed by atoms with van der Waals surface area (Å²) in [4.78, 5) is 3.76. The maximum absolute atomic E-state index is 13.3. The van der Waals surface area contributed by atoms with Gasteiger partial charge in [-0.25, -0.2) is 12.8 Å². The topological polar surface area (TPSA) is 79.3 Å². The summed E-state index contributed by atoms with van der Waals surface area (Å²) in [7, 11) is -3.84. The summed E-state index contributed by atoms with van der Waals surface area (Å²) in [6.07, 6.45) is 3.00. The highest BCUT2D eigenvalue weighted by atomic mass is 32.2. The number of nitrogens with zero attached hydrogens (tertiary/aromatic N) is 1. The van der Waals surface area contributed by atoms with E-state index in [-0.39, 0.29) is 10.5 Å². The summed E-state index contributed by atoms with van der Waals surface area (Å²) in [5.74, 6) is -0.647. The molecule has 0 bridgehead atoms. The van der Waals surface area contributed by atoms with E-state index in [9.17, 15) is 12.8 Å². The molecule has 106 valence electrons. The molecular weight excluding hydrogens is 283 g/mol. The summed E-state index contributed by atoms with van der Waals surface area (Å²) in [5.41, 5.74) is 0.995. The quantitative estimate of drug-likeness (QED) is 0.902. The number of aromatic nitrogens is 1. The molecule has 0 radical (unpaired) electrons. The van der Waals surface area contributed by atoms with Crippen LogP contribution in [0.25, 0.3) is 0 Å². The Morgan fingerprint density at radius 1 is 1.35 bits per heavy atom. The van der Waals surface area contributed by atoms with Gasteiger partial charge in [-0.1, -0.05) is 0 Å². The summed E-state index contributed by atoms with van der Waals surface area (Å²) in [6, 6.07) is 4.80. The van der Waals surface area contributed by atoms with Crippen LogP contribution in [0.1, 0.15) is 11.1 Å². The zero-order valence-corrected chi connectivity index (χ0v) is 11.5. The fourth-order valence-corrected chi connectivity index (χ4v) is 2.81. The van der Waals surface area contributed by atoms with Gasteiger partial charge < -0.3 is 5.11 Å². The number of pyridine rings is 1. The fraction of sp³-hybridized carbons (Fsp3) is 0.154. The van der Waals surface area contributed by atoms with Crippen molar-refractivity contribution in [2.45, 2.75) is 18.4 Å². The van der Waals surface area contributed by atoms with Gasteiger partial charge in [-0.2, -0.15) is 0 Å². The summed E-state index contributed by atoms with van der Waals surface area (Å²) in [6.45, 7) is 1.15. The third kappa shape index (κ3) is 2.94. The number of aryl methyl sites for hydroxylation is 1. The number of aliphatic hydroxyl groups is 1. The molecule has 2 aromatic rings. The summed E-state index contributed by atoms with van der Waals surface area (Å²) >= 11 is 0. The highest BCUT2D eigenvalue weighted by molar-refractivity contribution is 7.92. The van der Waals surface area contributed by atoms with Gasteiger partial charge in [0.25, 0.3) is 10.0 Å². The molecule has 0 fully saturated rings. The number of rotatable bonds is 4. The van der Waals surface area contributed by atoms with Gasteiger partial charge in [0.05, 0.1) is 17.2 Å². The van der Waals surface area contributed by atoms with Crippen molar-refractivity contribution in [3.63, 3.8) is 0 Å². The van der Waals surface area contributed by atoms with Crippen LogP contribution < -0.4 is 4.72 Å². The number of sulfonamides is 1. The van der Waals surface area contributed by atoms with Crippen molar-refractivity contribution in [1.29, 1.82) is 0 Å². The van der Waals surface area contributed by atoms with Gasteiger partial charge in [0, 0.05) is 18.0 Å². The first-order valence-electron chi connectivity index (χ1n) is 5.77. The van der Waals surface area contributed by atoms with E-state index in [1.807, 2.05) is 0 Å². The number of halogens is 1. The minimum absolute atomic E-state index is 0.0701. The molecule has 2 N–H and O–H groups in total. The van der Waals surface area contributed by atoms with E-state index in [1.165, 1.54) is 18.5 Å². The maximum Gasteiger partial charge on any atom is 0.261 e. The Morgan fingerprint density at radius 3 is 2.75 bits per heavy atom. The number of hydrogen-bond donors (Lipinski definition) is 2. The standard InChI is InChI=1S/C13H13FN2O3S/c1-9-7-15-5-4-13(9)16-20(18,19)11-2-3-12(14)10(6-11)8-17/h2-7,17H,8H2,1H3,(H,15,16). The van der Waals surface area contributed by atoms with Crippen LogP contribution in [0.2, 0.25) is 0 Å². The van der Waals surface area contributed by atoms with Crippen molar-refractivity contribution >= 4 is 15.7 Å². The zero-order valence-electron chi connectivity index (χ0n) is 10.7. The van der Waals surface area contributed by atoms with Gasteiger partial charge in [0.15, 0.2) is 0 Å². The van der Waals surface area contributed by atoms with Crippen molar-refractivity contribution in [3.05, 3.63) is 53.6 Å². The van der Waals surface area contributed by atoms with Crippen LogP contribution in [0.4, 0.5) is 10.1 Å². The molecule has 5 nitrogen and oxygen atoms in total. The number of nitrogens with one attached hydrogen (secondary N) is 1. The second kappa shape index (κ2) is 5.56. The van der Waals surface area contributed by atoms with Crippen molar-refractivity contribution in [2.75, 3.05) is 4.72 Å². The first-order chi connectivity index (χ1) is 9.44. The first-order valence-corrected chi connectivity index (χ1v) is 7.25. The molecule has 20 heavy (non-hydrogen) atoms. The third-order valence-corrected chi connectivity index (χ3v) is 4.13. The maximum atomic E-state index is 13.3. The van der Waals surface area contributed by atoms with E-state index >= 15 is 0 Å². The van der Waals surface area contributed by atoms with Gasteiger partial charge in [-0.05, 0) is 36.8 Å². The van der Waals surface area contributed by atoms with E-state index < -0.39 is 22.4 Å². The molecule has 0 aliphatic heterocycles. The fourth-order valence-electron chi connectivity index (χ4n) is 1.63. The molecular formula is C13H13FN2O3S. The second-order valence-electron chi connectivity index (χ2n) is 4.21. The van der Waals surface area contributed by atoms with Crippen LogP contribution in [-0.2, 0) is 16.6 Å². The monoisotopic (exact) mass is 296 g/mol. The lowest BCUT2D eigenvalue weighted by molar-refractivity contribution is 0.275. The smallest absolute Gasteiger partial charge is 0.261 e. The lowest BCUT2D eigenvalue weighted by Crippen LogP contribution is -2.14. The molecule has 0 spiro atoms. The van der Waals surface area contributed by atoms with Crippen LogP contribution in [0, 0.1) is 12.7 Å². The predicted octanol–water partition coefficient (Wildman–Crippen LogP) is 1.82. The Balaban J connectivity index is 2.38. The Labute approximate surface area is 116 Å². The number of aliphatic hydroxyl groups excluding tert-OH is 1. The Hall–Kier alpha value is -1.99. The minimum atomic E-state index is -3.84. The van der Waals surface area contributed by atoms with Crippen LogP contribution in [0.3, 0.4) is 0 Å². The molecule has 7 heteroatoms. The Kier molecular flexibility index (Phi) is 4.01. The van der Waals surface area contributed by atoms with E-state index in [0.29, 0.717) is 11.3 Å². The largest absolute Gasteiger partial charge is 0.392 e. The van der Waals surface area contributed by atoms with Crippen molar-refractivity contribution in [1.82, 2.24) is 4.98 Å². The third-order valence-electron chi connectivity index (χ3n) is 2.76. The molecule has 0 unspecified atom stereocenters. The molecule has 0 aliphatic carbocycles. The molecule has 1 aromatic carbocycles. The average molecular weight is 296 g/mol. The van der Waals surface area contributed by atoms with Crippen molar-refractivity contribution in [3.8, 4) is 0 Å². The molecule has 0 aliphatic rings. The molecule has 0 saturated carbocycles. The first kappa shape index (κ1) is 14.4. The van der Waals surface area contributed by atoms with Crippen molar-refractivity contribution < 1.29 is 17.9 Å². The molecule has 1 aromatic heterocycles. The number of hydrogen-bond acceptors (Lipinski definition) is 4. The van der Waals surface area contributed by atoms with Crippen LogP contribution in [-0.4, -0.2) is 18.5 Å². The van der Waals surface area contributed by atoms with Crippen molar-refractivity contribution in [2.24, 2.45) is 0 Å². The molecule has 2 rings (SSSR count). The van der Waals surface area contributed by atoms with E-state index in [2.05, 4.69) is 9.71 Å². The molecule has 0 saturated heterocycles. The van der Waals surface area contributed by atoms with E-state index in [1.54, 1.807) is 6.92 Å². The lowest BCUT2D eigenvalue weighted by atomic mass is 10.2. The summed E-state index contributed by atoms with van der Waals surface area (Å²) in [5, 5.41) is 8.98. The minimum Gasteiger partial charge on any atom is -0.392 e. The predicted molar refractivity (Wildman–Crippen MR) is 72.1 cm³/mol. The van der Waals surface area contributed by atoms with E-state index in [0.717, 1.165) is 18.2 Å². The van der Waals surface area contributed by atoms with Gasteiger partial charge in [-0.3, -0.25) is 9.71 Å². The molecule has 0 atom stereocenters.